The smallest absolute Gasteiger partial charge is 0.268 e. The van der Waals surface area contributed by atoms with Crippen molar-refractivity contribution in [3.8, 4) is 0 Å². The van der Waals surface area contributed by atoms with E-state index in [1.807, 2.05) is 0 Å². The van der Waals surface area contributed by atoms with Gasteiger partial charge in [0.15, 0.2) is 0 Å². The van der Waals surface area contributed by atoms with Gasteiger partial charge in [-0.25, -0.2) is 9.29 Å². The summed E-state index contributed by atoms with van der Waals surface area (Å²) in [4.78, 5) is 35.8. The second-order valence-corrected chi connectivity index (χ2v) is 5.29. The summed E-state index contributed by atoms with van der Waals surface area (Å²) in [5.74, 6) is -1.92. The molecule has 0 N–H and O–H groups in total. The van der Waals surface area contributed by atoms with Crippen LogP contribution in [0.2, 0.25) is 0 Å². The van der Waals surface area contributed by atoms with Gasteiger partial charge in [0.05, 0.1) is 16.2 Å². The predicted molar refractivity (Wildman–Crippen MR) is 84.8 cm³/mol. The average Bonchev–Trinajstić information content (AvgIpc) is 2.78. The number of hydrogen-bond donors (Lipinski definition) is 0. The molecule has 0 aliphatic carbocycles. The summed E-state index contributed by atoms with van der Waals surface area (Å²) in [5.41, 5.74) is 0.263. The first-order valence-corrected chi connectivity index (χ1v) is 7.07. The number of hydrogen-bond acceptors (Lipinski definition) is 4. The topological polar surface area (TPSA) is 80.5 Å². The number of nitrogens with zero attached hydrogens (tertiary/aromatic N) is 2. The number of carbonyl (C=O) groups excluding carboxylic acids is 2. The van der Waals surface area contributed by atoms with Gasteiger partial charge in [-0.1, -0.05) is 11.6 Å². The number of amides is 2. The molecular formula is C16H8ClFN2O4. The zero-order valence-corrected chi connectivity index (χ0v) is 12.7. The van der Waals surface area contributed by atoms with E-state index in [4.69, 9.17) is 11.6 Å². The fraction of sp³-hybridized carbons (Fsp3) is 0. The Hall–Kier alpha value is -3.06. The number of carbonyl (C=O) groups is 2. The van der Waals surface area contributed by atoms with E-state index in [0.717, 1.165) is 17.0 Å². The van der Waals surface area contributed by atoms with Gasteiger partial charge in [-0.15, -0.1) is 0 Å². The van der Waals surface area contributed by atoms with E-state index in [1.165, 1.54) is 36.4 Å². The molecule has 1 aliphatic rings. The molecule has 0 radical (unpaired) electrons. The number of non-ortho nitro benzene ring substituents is 1. The number of rotatable bonds is 3. The van der Waals surface area contributed by atoms with Crippen molar-refractivity contribution < 1.29 is 18.9 Å². The Kier molecular flexibility index (Phi) is 3.86. The van der Waals surface area contributed by atoms with Crippen molar-refractivity contribution in [2.45, 2.75) is 0 Å². The van der Waals surface area contributed by atoms with Crippen LogP contribution >= 0.6 is 11.6 Å². The maximum Gasteiger partial charge on any atom is 0.277 e. The number of anilines is 1. The van der Waals surface area contributed by atoms with E-state index in [2.05, 4.69) is 0 Å². The van der Waals surface area contributed by atoms with E-state index in [1.54, 1.807) is 0 Å². The van der Waals surface area contributed by atoms with Crippen molar-refractivity contribution in [1.29, 1.82) is 0 Å². The number of imide groups is 1. The summed E-state index contributed by atoms with van der Waals surface area (Å²) in [6.45, 7) is 0. The molecule has 24 heavy (non-hydrogen) atoms. The Labute approximate surface area is 139 Å². The highest BCUT2D eigenvalue weighted by atomic mass is 35.5. The Morgan fingerprint density at radius 3 is 2.08 bits per heavy atom. The lowest BCUT2D eigenvalue weighted by atomic mass is 10.1. The zero-order chi connectivity index (χ0) is 17.4. The molecule has 0 saturated carbocycles. The van der Waals surface area contributed by atoms with E-state index in [9.17, 15) is 24.1 Å². The third kappa shape index (κ3) is 2.55. The van der Waals surface area contributed by atoms with Gasteiger partial charge in [0.25, 0.3) is 17.5 Å². The summed E-state index contributed by atoms with van der Waals surface area (Å²) in [5, 5.41) is 10.4. The average molecular weight is 347 g/mol. The second-order valence-electron chi connectivity index (χ2n) is 4.92. The predicted octanol–water partition coefficient (Wildman–Crippen LogP) is 3.26. The number of nitro benzene ring substituents is 1. The normalized spacial score (nSPS) is 14.5. The molecule has 0 bridgehead atoms. The molecule has 120 valence electrons. The highest BCUT2D eigenvalue weighted by Gasteiger charge is 2.39. The summed E-state index contributed by atoms with van der Waals surface area (Å²) < 4.78 is 13.0. The SMILES string of the molecule is O=C1C(Cl)=C(c2ccc([N+](=O)[O-])cc2)C(=O)N1c1ccc(F)cc1. The first-order valence-electron chi connectivity index (χ1n) is 6.69. The van der Waals surface area contributed by atoms with Crippen LogP contribution in [0.5, 0.6) is 0 Å². The lowest BCUT2D eigenvalue weighted by Gasteiger charge is -2.14. The maximum absolute atomic E-state index is 13.0. The van der Waals surface area contributed by atoms with Crippen LogP contribution in [0, 0.1) is 15.9 Å². The quantitative estimate of drug-likeness (QED) is 0.485. The molecule has 0 atom stereocenters. The largest absolute Gasteiger partial charge is 0.277 e. The van der Waals surface area contributed by atoms with Crippen LogP contribution in [-0.4, -0.2) is 16.7 Å². The molecule has 1 heterocycles. The van der Waals surface area contributed by atoms with E-state index < -0.39 is 22.6 Å². The first kappa shape index (κ1) is 15.8. The second kappa shape index (κ2) is 5.86. The summed E-state index contributed by atoms with van der Waals surface area (Å²) in [7, 11) is 0. The Morgan fingerprint density at radius 2 is 1.54 bits per heavy atom. The molecule has 0 unspecified atom stereocenters. The number of benzene rings is 2. The van der Waals surface area contributed by atoms with Crippen molar-refractivity contribution >= 4 is 40.4 Å². The fourth-order valence-electron chi connectivity index (χ4n) is 2.33. The summed E-state index contributed by atoms with van der Waals surface area (Å²) in [6.07, 6.45) is 0. The third-order valence-electron chi connectivity index (χ3n) is 3.48. The van der Waals surface area contributed by atoms with Crippen LogP contribution in [0.3, 0.4) is 0 Å². The van der Waals surface area contributed by atoms with Gasteiger partial charge in [0.2, 0.25) is 0 Å². The standard InChI is InChI=1S/C16H8ClFN2O4/c17-14-13(9-1-5-12(6-2-9)20(23)24)15(21)19(16(14)22)11-7-3-10(18)4-8-11/h1-8H. The molecular weight excluding hydrogens is 339 g/mol. The van der Waals surface area contributed by atoms with Crippen LogP contribution < -0.4 is 4.90 Å². The first-order chi connectivity index (χ1) is 11.4. The molecule has 2 aromatic rings. The van der Waals surface area contributed by atoms with Gasteiger partial charge >= 0.3 is 0 Å². The summed E-state index contributed by atoms with van der Waals surface area (Å²) in [6, 6.07) is 9.92. The lowest BCUT2D eigenvalue weighted by Crippen LogP contribution is -2.31. The highest BCUT2D eigenvalue weighted by molar-refractivity contribution is 6.60. The lowest BCUT2D eigenvalue weighted by molar-refractivity contribution is -0.384. The molecule has 0 saturated heterocycles. The molecule has 8 heteroatoms. The molecule has 0 fully saturated rings. The van der Waals surface area contributed by atoms with Gasteiger partial charge in [-0.05, 0) is 42.0 Å². The van der Waals surface area contributed by atoms with Crippen LogP contribution in [0.4, 0.5) is 15.8 Å². The van der Waals surface area contributed by atoms with Crippen LogP contribution in [0.1, 0.15) is 5.56 Å². The van der Waals surface area contributed by atoms with E-state index in [0.29, 0.717) is 0 Å². The Balaban J connectivity index is 2.00. The number of halogens is 2. The Morgan fingerprint density at radius 1 is 0.958 bits per heavy atom. The van der Waals surface area contributed by atoms with E-state index in [-0.39, 0.29) is 27.5 Å². The van der Waals surface area contributed by atoms with E-state index >= 15 is 0 Å². The summed E-state index contributed by atoms with van der Waals surface area (Å²) >= 11 is 6.00. The molecule has 0 spiro atoms. The molecule has 2 aromatic carbocycles. The minimum atomic E-state index is -0.735. The minimum Gasteiger partial charge on any atom is -0.268 e. The van der Waals surface area contributed by atoms with Crippen molar-refractivity contribution in [1.82, 2.24) is 0 Å². The number of nitro groups is 1. The fourth-order valence-corrected chi connectivity index (χ4v) is 2.60. The van der Waals surface area contributed by atoms with Crippen molar-refractivity contribution in [3.05, 3.63) is 75.1 Å². The zero-order valence-electron chi connectivity index (χ0n) is 11.9. The minimum absolute atomic E-state index is 0.0547. The van der Waals surface area contributed by atoms with Crippen molar-refractivity contribution in [3.63, 3.8) is 0 Å². The third-order valence-corrected chi connectivity index (χ3v) is 3.83. The van der Waals surface area contributed by atoms with Gasteiger partial charge in [0.1, 0.15) is 10.8 Å². The van der Waals surface area contributed by atoms with Crippen molar-refractivity contribution in [2.24, 2.45) is 0 Å². The molecule has 1 aliphatic heterocycles. The van der Waals surface area contributed by atoms with Gasteiger partial charge in [-0.3, -0.25) is 19.7 Å². The van der Waals surface area contributed by atoms with Crippen LogP contribution in [0.15, 0.2) is 53.6 Å². The van der Waals surface area contributed by atoms with Gasteiger partial charge < -0.3 is 0 Å². The Bertz CT molecular complexity index is 891. The molecule has 0 aromatic heterocycles. The molecule has 2 amide bonds. The monoisotopic (exact) mass is 346 g/mol. The van der Waals surface area contributed by atoms with Gasteiger partial charge in [-0.2, -0.15) is 0 Å². The van der Waals surface area contributed by atoms with Crippen LogP contribution in [0.25, 0.3) is 5.57 Å². The molecule has 3 rings (SSSR count). The molecule has 6 nitrogen and oxygen atoms in total. The van der Waals surface area contributed by atoms with Crippen molar-refractivity contribution in [2.75, 3.05) is 4.90 Å². The van der Waals surface area contributed by atoms with Gasteiger partial charge in [0, 0.05) is 12.1 Å². The van der Waals surface area contributed by atoms with Crippen LogP contribution in [-0.2, 0) is 9.59 Å². The maximum atomic E-state index is 13.0. The highest BCUT2D eigenvalue weighted by Crippen LogP contribution is 2.35.